The summed E-state index contributed by atoms with van der Waals surface area (Å²) in [6, 6.07) is 10.8. The Bertz CT molecular complexity index is 662. The highest BCUT2D eigenvalue weighted by atomic mass is 79.9. The molecule has 0 aliphatic carbocycles. The van der Waals surface area contributed by atoms with E-state index in [1.54, 1.807) is 18.2 Å². The van der Waals surface area contributed by atoms with Crippen molar-refractivity contribution in [2.24, 2.45) is 5.73 Å². The van der Waals surface area contributed by atoms with Crippen LogP contribution in [-0.2, 0) is 6.54 Å². The molecule has 0 fully saturated rings. The van der Waals surface area contributed by atoms with Gasteiger partial charge in [0, 0.05) is 16.6 Å². The fourth-order valence-electron chi connectivity index (χ4n) is 1.77. The Balaban J connectivity index is 2.22. The van der Waals surface area contributed by atoms with Crippen LogP contribution in [0, 0.1) is 0 Å². The molecule has 0 radical (unpaired) electrons. The molecular weight excluding hydrogens is 363 g/mol. The lowest BCUT2D eigenvalue weighted by molar-refractivity contribution is 0.0999. The molecule has 0 saturated carbocycles. The number of nitrogens with two attached hydrogens (primary N) is 1. The van der Waals surface area contributed by atoms with Gasteiger partial charge in [-0.3, -0.25) is 4.79 Å². The molecule has 3 N–H and O–H groups in total. The van der Waals surface area contributed by atoms with E-state index in [1.165, 1.54) is 0 Å². The van der Waals surface area contributed by atoms with Crippen molar-refractivity contribution in [1.82, 2.24) is 0 Å². The van der Waals surface area contributed by atoms with Crippen molar-refractivity contribution in [2.45, 2.75) is 6.54 Å². The molecule has 0 aromatic heterocycles. The topological polar surface area (TPSA) is 55.1 Å². The zero-order chi connectivity index (χ0) is 14.7. The maximum atomic E-state index is 11.3. The molecule has 0 spiro atoms. The molecule has 104 valence electrons. The van der Waals surface area contributed by atoms with Crippen LogP contribution in [0.2, 0.25) is 10.0 Å². The third kappa shape index (κ3) is 3.26. The van der Waals surface area contributed by atoms with Crippen LogP contribution in [0.15, 0.2) is 40.9 Å². The number of halogens is 3. The van der Waals surface area contributed by atoms with Crippen LogP contribution in [-0.4, -0.2) is 5.91 Å². The number of hydrogen-bond acceptors (Lipinski definition) is 2. The van der Waals surface area contributed by atoms with Gasteiger partial charge in [-0.05, 0) is 39.7 Å². The number of anilines is 1. The molecule has 1 amide bonds. The van der Waals surface area contributed by atoms with Crippen molar-refractivity contribution in [2.75, 3.05) is 5.32 Å². The summed E-state index contributed by atoms with van der Waals surface area (Å²) in [4.78, 5) is 11.3. The zero-order valence-electron chi connectivity index (χ0n) is 10.3. The van der Waals surface area contributed by atoms with Gasteiger partial charge in [-0.1, -0.05) is 41.4 Å². The highest BCUT2D eigenvalue weighted by molar-refractivity contribution is 9.10. The van der Waals surface area contributed by atoms with Crippen molar-refractivity contribution in [3.05, 3.63) is 62.0 Å². The molecule has 0 bridgehead atoms. The summed E-state index contributed by atoms with van der Waals surface area (Å²) in [6.07, 6.45) is 0. The van der Waals surface area contributed by atoms with Gasteiger partial charge in [0.15, 0.2) is 0 Å². The molecular formula is C14H11BrCl2N2O. The van der Waals surface area contributed by atoms with Crippen LogP contribution < -0.4 is 11.1 Å². The van der Waals surface area contributed by atoms with Crippen molar-refractivity contribution < 1.29 is 4.79 Å². The molecule has 3 nitrogen and oxygen atoms in total. The minimum Gasteiger partial charge on any atom is -0.380 e. The van der Waals surface area contributed by atoms with Crippen LogP contribution in [0.5, 0.6) is 0 Å². The predicted molar refractivity (Wildman–Crippen MR) is 86.4 cm³/mol. The summed E-state index contributed by atoms with van der Waals surface area (Å²) in [5, 5.41) is 4.02. The quantitative estimate of drug-likeness (QED) is 0.777. The Kier molecular flexibility index (Phi) is 4.91. The molecule has 2 aromatic rings. The molecule has 6 heteroatoms. The van der Waals surface area contributed by atoms with Crippen molar-refractivity contribution in [3.63, 3.8) is 0 Å². The summed E-state index contributed by atoms with van der Waals surface area (Å²) < 4.78 is 0.729. The Labute approximate surface area is 135 Å². The molecule has 2 aromatic carbocycles. The number of hydrogen-bond donors (Lipinski definition) is 2. The largest absolute Gasteiger partial charge is 0.380 e. The molecule has 20 heavy (non-hydrogen) atoms. The second-order valence-corrected chi connectivity index (χ2v) is 5.71. The average molecular weight is 374 g/mol. The van der Waals surface area contributed by atoms with Crippen LogP contribution in [0.1, 0.15) is 15.9 Å². The maximum Gasteiger partial charge on any atom is 0.249 e. The van der Waals surface area contributed by atoms with Gasteiger partial charge in [0.05, 0.1) is 15.7 Å². The van der Waals surface area contributed by atoms with E-state index in [1.807, 2.05) is 18.2 Å². The molecule has 0 heterocycles. The molecule has 0 unspecified atom stereocenters. The second kappa shape index (κ2) is 6.48. The lowest BCUT2D eigenvalue weighted by Gasteiger charge is -2.12. The fourth-order valence-corrected chi connectivity index (χ4v) is 2.61. The van der Waals surface area contributed by atoms with Crippen molar-refractivity contribution in [3.8, 4) is 0 Å². The SMILES string of the molecule is NC(=O)c1ccccc1CNc1ccc(Br)c(Cl)c1Cl. The monoisotopic (exact) mass is 372 g/mol. The van der Waals surface area contributed by atoms with Gasteiger partial charge in [-0.15, -0.1) is 0 Å². The van der Waals surface area contributed by atoms with Gasteiger partial charge in [0.2, 0.25) is 5.91 Å². The molecule has 0 aliphatic rings. The van der Waals surface area contributed by atoms with E-state index in [9.17, 15) is 4.79 Å². The normalized spacial score (nSPS) is 10.3. The van der Waals surface area contributed by atoms with Crippen LogP contribution in [0.3, 0.4) is 0 Å². The van der Waals surface area contributed by atoms with Crippen molar-refractivity contribution in [1.29, 1.82) is 0 Å². The van der Waals surface area contributed by atoms with E-state index < -0.39 is 5.91 Å². The predicted octanol–water partition coefficient (Wildman–Crippen LogP) is 4.47. The lowest BCUT2D eigenvalue weighted by atomic mass is 10.1. The first-order chi connectivity index (χ1) is 9.50. The van der Waals surface area contributed by atoms with Crippen LogP contribution >= 0.6 is 39.1 Å². The molecule has 0 saturated heterocycles. The summed E-state index contributed by atoms with van der Waals surface area (Å²) in [5.74, 6) is -0.456. The van der Waals surface area contributed by atoms with E-state index >= 15 is 0 Å². The average Bonchev–Trinajstić information content (AvgIpc) is 2.44. The maximum absolute atomic E-state index is 11.3. The Hall–Kier alpha value is -1.23. The van der Waals surface area contributed by atoms with Crippen LogP contribution in [0.25, 0.3) is 0 Å². The van der Waals surface area contributed by atoms with Crippen molar-refractivity contribution >= 4 is 50.7 Å². The molecule has 2 rings (SSSR count). The van der Waals surface area contributed by atoms with Gasteiger partial charge in [-0.2, -0.15) is 0 Å². The molecule has 0 aliphatic heterocycles. The van der Waals surface area contributed by atoms with Gasteiger partial charge >= 0.3 is 0 Å². The van der Waals surface area contributed by atoms with E-state index in [4.69, 9.17) is 28.9 Å². The third-order valence-corrected chi connectivity index (χ3v) is 4.56. The highest BCUT2D eigenvalue weighted by Crippen LogP contribution is 2.36. The first kappa shape index (κ1) is 15.2. The number of primary amides is 1. The number of carbonyl (C=O) groups is 1. The summed E-state index contributed by atoms with van der Waals surface area (Å²) in [5.41, 5.74) is 7.32. The minimum atomic E-state index is -0.456. The first-order valence-corrected chi connectivity index (χ1v) is 7.30. The third-order valence-electron chi connectivity index (χ3n) is 2.79. The number of nitrogens with one attached hydrogen (secondary N) is 1. The van der Waals surface area contributed by atoms with E-state index in [0.717, 1.165) is 10.0 Å². The Morgan fingerprint density at radius 2 is 1.85 bits per heavy atom. The number of carbonyl (C=O) groups excluding carboxylic acids is 1. The first-order valence-electron chi connectivity index (χ1n) is 5.75. The number of amides is 1. The lowest BCUT2D eigenvalue weighted by Crippen LogP contribution is -2.15. The minimum absolute atomic E-state index is 0.427. The Morgan fingerprint density at radius 3 is 2.55 bits per heavy atom. The van der Waals surface area contributed by atoms with Gasteiger partial charge in [0.25, 0.3) is 0 Å². The zero-order valence-corrected chi connectivity index (χ0v) is 13.4. The smallest absolute Gasteiger partial charge is 0.249 e. The summed E-state index contributed by atoms with van der Waals surface area (Å²) >= 11 is 15.5. The van der Waals surface area contributed by atoms with E-state index in [0.29, 0.717) is 27.8 Å². The van der Waals surface area contributed by atoms with Gasteiger partial charge in [0.1, 0.15) is 0 Å². The molecule has 0 atom stereocenters. The van der Waals surface area contributed by atoms with Crippen LogP contribution in [0.4, 0.5) is 5.69 Å². The number of rotatable bonds is 4. The summed E-state index contributed by atoms with van der Waals surface area (Å²) in [6.45, 7) is 0.427. The van der Waals surface area contributed by atoms with Gasteiger partial charge < -0.3 is 11.1 Å². The standard InChI is InChI=1S/C14H11BrCl2N2O/c15-10-5-6-11(13(17)12(10)16)19-7-8-3-1-2-4-9(8)14(18)20/h1-6,19H,7H2,(H2,18,20). The van der Waals surface area contributed by atoms with E-state index in [2.05, 4.69) is 21.2 Å². The number of benzene rings is 2. The fraction of sp³-hybridized carbons (Fsp3) is 0.0714. The van der Waals surface area contributed by atoms with E-state index in [-0.39, 0.29) is 0 Å². The highest BCUT2D eigenvalue weighted by Gasteiger charge is 2.10. The second-order valence-electron chi connectivity index (χ2n) is 4.10. The van der Waals surface area contributed by atoms with Gasteiger partial charge in [-0.25, -0.2) is 0 Å². The Morgan fingerprint density at radius 1 is 1.15 bits per heavy atom. The summed E-state index contributed by atoms with van der Waals surface area (Å²) in [7, 11) is 0.